The van der Waals surface area contributed by atoms with Crippen LogP contribution >= 0.6 is 22.7 Å². The molecule has 2 N–H and O–H groups in total. The van der Waals surface area contributed by atoms with Crippen LogP contribution in [0.3, 0.4) is 0 Å². The number of rotatable bonds is 2. The molecule has 2 aromatic heterocycles. The molecular weight excluding hydrogens is 224 g/mol. The molecule has 6 heteroatoms. The van der Waals surface area contributed by atoms with Gasteiger partial charge in [0.25, 0.3) is 0 Å². The van der Waals surface area contributed by atoms with Crippen LogP contribution in [-0.2, 0) is 0 Å². The summed E-state index contributed by atoms with van der Waals surface area (Å²) >= 11 is 2.20. The van der Waals surface area contributed by atoms with E-state index in [1.807, 2.05) is 0 Å². The van der Waals surface area contributed by atoms with Gasteiger partial charge < -0.3 is 10.2 Å². The molecule has 0 atom stereocenters. The zero-order valence-electron chi connectivity index (χ0n) is 6.68. The van der Waals surface area contributed by atoms with Gasteiger partial charge in [0, 0.05) is 5.39 Å². The van der Waals surface area contributed by atoms with Crippen molar-refractivity contribution < 1.29 is 19.8 Å². The molecule has 0 aromatic carbocycles. The van der Waals surface area contributed by atoms with Gasteiger partial charge in [-0.25, -0.2) is 9.59 Å². The molecule has 14 heavy (non-hydrogen) atoms. The highest BCUT2D eigenvalue weighted by Crippen LogP contribution is 2.33. The van der Waals surface area contributed by atoms with Gasteiger partial charge in [-0.1, -0.05) is 0 Å². The lowest BCUT2D eigenvalue weighted by Crippen LogP contribution is -1.91. The van der Waals surface area contributed by atoms with Crippen LogP contribution in [0.25, 0.3) is 9.40 Å². The molecule has 0 aliphatic rings. The molecule has 0 spiro atoms. The monoisotopic (exact) mass is 228 g/mol. The Balaban J connectivity index is 2.56. The van der Waals surface area contributed by atoms with E-state index in [0.29, 0.717) is 5.39 Å². The average molecular weight is 228 g/mol. The fourth-order valence-electron chi connectivity index (χ4n) is 1.05. The molecule has 0 aliphatic heterocycles. The Kier molecular flexibility index (Phi) is 2.01. The summed E-state index contributed by atoms with van der Waals surface area (Å²) in [5, 5.41) is 18.1. The van der Waals surface area contributed by atoms with Crippen LogP contribution in [0, 0.1) is 0 Å². The second-order valence-corrected chi connectivity index (χ2v) is 4.94. The molecule has 0 bridgehead atoms. The Hall–Kier alpha value is -1.40. The molecule has 0 unspecified atom stereocenters. The summed E-state index contributed by atoms with van der Waals surface area (Å²) in [7, 11) is 0. The number of hydrogen-bond donors (Lipinski definition) is 2. The highest BCUT2D eigenvalue weighted by molar-refractivity contribution is 7.39. The molecule has 2 aromatic rings. The third-order valence-corrected chi connectivity index (χ3v) is 4.00. The van der Waals surface area contributed by atoms with Gasteiger partial charge >= 0.3 is 11.9 Å². The predicted octanol–water partition coefficient (Wildman–Crippen LogP) is 2.36. The third-order valence-electron chi connectivity index (χ3n) is 1.64. The molecule has 2 heterocycles. The average Bonchev–Trinajstić information content (AvgIpc) is 2.57. The van der Waals surface area contributed by atoms with Gasteiger partial charge in [0.1, 0.15) is 9.75 Å². The molecular formula is C8H4O4S2. The van der Waals surface area contributed by atoms with Crippen molar-refractivity contribution >= 4 is 44.0 Å². The summed E-state index contributed by atoms with van der Waals surface area (Å²) in [5.41, 5.74) is 0. The van der Waals surface area contributed by atoms with E-state index in [9.17, 15) is 9.59 Å². The smallest absolute Gasteiger partial charge is 0.345 e. The zero-order valence-corrected chi connectivity index (χ0v) is 8.32. The second-order valence-electron chi connectivity index (χ2n) is 2.57. The van der Waals surface area contributed by atoms with Crippen LogP contribution in [0.1, 0.15) is 19.3 Å². The minimum Gasteiger partial charge on any atom is -0.477 e. The molecule has 0 aliphatic carbocycles. The fourth-order valence-corrected chi connectivity index (χ4v) is 3.17. The summed E-state index contributed by atoms with van der Waals surface area (Å²) < 4.78 is 0.736. The van der Waals surface area contributed by atoms with E-state index in [4.69, 9.17) is 10.2 Å². The van der Waals surface area contributed by atoms with Crippen LogP contribution in [0.5, 0.6) is 0 Å². The van der Waals surface area contributed by atoms with Crippen molar-refractivity contribution in [1.82, 2.24) is 0 Å². The lowest BCUT2D eigenvalue weighted by atomic mass is 10.3. The van der Waals surface area contributed by atoms with Crippen LogP contribution in [0.2, 0.25) is 0 Å². The first-order chi connectivity index (χ1) is 6.58. The lowest BCUT2D eigenvalue weighted by Gasteiger charge is -1.83. The number of thiophene rings is 2. The van der Waals surface area contributed by atoms with Crippen molar-refractivity contribution in [3.05, 3.63) is 21.9 Å². The Morgan fingerprint density at radius 1 is 1.00 bits per heavy atom. The molecule has 0 saturated carbocycles. The van der Waals surface area contributed by atoms with E-state index in [1.54, 1.807) is 0 Å². The van der Waals surface area contributed by atoms with E-state index in [2.05, 4.69) is 0 Å². The first-order valence-corrected chi connectivity index (χ1v) is 5.21. The van der Waals surface area contributed by atoms with Gasteiger partial charge in [-0.15, -0.1) is 22.7 Å². The molecule has 72 valence electrons. The summed E-state index contributed by atoms with van der Waals surface area (Å²) in [6, 6.07) is 2.98. The molecule has 0 saturated heterocycles. The maximum atomic E-state index is 10.6. The highest BCUT2D eigenvalue weighted by Gasteiger charge is 2.13. The Morgan fingerprint density at radius 2 is 1.43 bits per heavy atom. The van der Waals surface area contributed by atoms with Crippen molar-refractivity contribution in [3.8, 4) is 0 Å². The topological polar surface area (TPSA) is 74.6 Å². The Morgan fingerprint density at radius 3 is 1.71 bits per heavy atom. The maximum Gasteiger partial charge on any atom is 0.345 e. The van der Waals surface area contributed by atoms with Gasteiger partial charge in [-0.3, -0.25) is 0 Å². The molecule has 4 nitrogen and oxygen atoms in total. The highest BCUT2D eigenvalue weighted by atomic mass is 32.2. The van der Waals surface area contributed by atoms with Crippen molar-refractivity contribution in [2.45, 2.75) is 0 Å². The minimum atomic E-state index is -0.977. The molecule has 0 amide bonds. The van der Waals surface area contributed by atoms with Gasteiger partial charge in [-0.05, 0) is 12.1 Å². The van der Waals surface area contributed by atoms with Crippen molar-refractivity contribution in [3.63, 3.8) is 0 Å². The normalized spacial score (nSPS) is 10.6. The SMILES string of the molecule is O=C(O)c1cc2cc(C(=O)O)sc2s1. The number of fused-ring (bicyclic) bond motifs is 1. The van der Waals surface area contributed by atoms with Crippen molar-refractivity contribution in [2.24, 2.45) is 0 Å². The summed E-state index contributed by atoms with van der Waals surface area (Å²) in [6.07, 6.45) is 0. The van der Waals surface area contributed by atoms with E-state index >= 15 is 0 Å². The van der Waals surface area contributed by atoms with Crippen LogP contribution in [0.4, 0.5) is 0 Å². The first-order valence-electron chi connectivity index (χ1n) is 3.58. The fraction of sp³-hybridized carbons (Fsp3) is 0. The number of carbonyl (C=O) groups is 2. The van der Waals surface area contributed by atoms with E-state index in [0.717, 1.165) is 26.7 Å². The zero-order chi connectivity index (χ0) is 10.3. The lowest BCUT2D eigenvalue weighted by molar-refractivity contribution is 0.0692. The molecule has 0 radical (unpaired) electrons. The molecule has 2 rings (SSSR count). The van der Waals surface area contributed by atoms with E-state index in [-0.39, 0.29) is 9.75 Å². The summed E-state index contributed by atoms with van der Waals surface area (Å²) in [6.45, 7) is 0. The molecule has 0 fully saturated rings. The number of aromatic carboxylic acids is 2. The largest absolute Gasteiger partial charge is 0.477 e. The van der Waals surface area contributed by atoms with Crippen LogP contribution < -0.4 is 0 Å². The van der Waals surface area contributed by atoms with Gasteiger partial charge in [-0.2, -0.15) is 0 Å². The van der Waals surface area contributed by atoms with Gasteiger partial charge in [0.05, 0.1) is 4.01 Å². The van der Waals surface area contributed by atoms with Gasteiger partial charge in [0.15, 0.2) is 0 Å². The van der Waals surface area contributed by atoms with Gasteiger partial charge in [0.2, 0.25) is 0 Å². The Labute approximate surface area is 86.0 Å². The number of carboxylic acids is 2. The summed E-state index contributed by atoms with van der Waals surface area (Å²) in [5.74, 6) is -1.95. The van der Waals surface area contributed by atoms with Crippen molar-refractivity contribution in [2.75, 3.05) is 0 Å². The quantitative estimate of drug-likeness (QED) is 0.827. The van der Waals surface area contributed by atoms with Crippen LogP contribution in [0.15, 0.2) is 12.1 Å². The third kappa shape index (κ3) is 1.38. The first kappa shape index (κ1) is 9.17. The van der Waals surface area contributed by atoms with E-state index < -0.39 is 11.9 Å². The van der Waals surface area contributed by atoms with Crippen LogP contribution in [-0.4, -0.2) is 22.2 Å². The second kappa shape index (κ2) is 3.07. The minimum absolute atomic E-state index is 0.239. The maximum absolute atomic E-state index is 10.6. The predicted molar refractivity (Wildman–Crippen MR) is 53.6 cm³/mol. The van der Waals surface area contributed by atoms with E-state index in [1.165, 1.54) is 12.1 Å². The van der Waals surface area contributed by atoms with Crippen molar-refractivity contribution in [1.29, 1.82) is 0 Å². The summed E-state index contributed by atoms with van der Waals surface area (Å²) in [4.78, 5) is 21.7. The number of hydrogen-bond acceptors (Lipinski definition) is 4. The number of carboxylic acid groups (broad SMARTS) is 2. The Bertz CT molecular complexity index is 447. The standard InChI is InChI=1S/C8H4O4S2/c9-6(10)4-1-3-2-5(7(11)12)14-8(3)13-4/h1-2H,(H,9,10)(H,11,12).